The number of phenols is 3. The first-order chi connectivity index (χ1) is 16.2. The van der Waals surface area contributed by atoms with Gasteiger partial charge in [-0.2, -0.15) is 0 Å². The Kier molecular flexibility index (Phi) is 6.09. The lowest BCUT2D eigenvalue weighted by atomic mass is 10.1. The molecule has 0 radical (unpaired) electrons. The number of aromatic nitrogens is 3. The average molecular weight is 461 g/mol. The van der Waals surface area contributed by atoms with E-state index in [-0.39, 0.29) is 36.9 Å². The van der Waals surface area contributed by atoms with Gasteiger partial charge in [0.2, 0.25) is 0 Å². The zero-order valence-corrected chi connectivity index (χ0v) is 18.4. The first-order valence-corrected chi connectivity index (χ1v) is 10.5. The number of benzene rings is 3. The standard InChI is InChI=1S/C25H23N3O6/c1-16-12-19(6-11-22(16)31)15-28-24(33)26(13-17-2-7-20(29)8-3-17)23(32)27(25(28)34)14-18-4-9-21(30)10-5-18/h2-12,29-31H,13-15H2,1H3. The van der Waals surface area contributed by atoms with Crippen LogP contribution < -0.4 is 17.1 Å². The van der Waals surface area contributed by atoms with Crippen LogP contribution in [-0.2, 0) is 19.6 Å². The van der Waals surface area contributed by atoms with Gasteiger partial charge in [0.25, 0.3) is 0 Å². The molecule has 174 valence electrons. The molecule has 0 amide bonds. The second-order valence-corrected chi connectivity index (χ2v) is 8.06. The summed E-state index contributed by atoms with van der Waals surface area (Å²) in [7, 11) is 0. The molecule has 3 aromatic carbocycles. The summed E-state index contributed by atoms with van der Waals surface area (Å²) in [5, 5.41) is 28.9. The molecule has 0 bridgehead atoms. The fraction of sp³-hybridized carbons (Fsp3) is 0.160. The topological polar surface area (TPSA) is 127 Å². The van der Waals surface area contributed by atoms with Crippen molar-refractivity contribution in [2.45, 2.75) is 26.6 Å². The predicted molar refractivity (Wildman–Crippen MR) is 126 cm³/mol. The molecule has 3 N–H and O–H groups in total. The van der Waals surface area contributed by atoms with Gasteiger partial charge in [-0.3, -0.25) is 0 Å². The molecular formula is C25H23N3O6. The Bertz CT molecular complexity index is 1430. The van der Waals surface area contributed by atoms with Gasteiger partial charge in [0.05, 0.1) is 19.6 Å². The normalized spacial score (nSPS) is 11.0. The first kappa shape index (κ1) is 22.7. The highest BCUT2D eigenvalue weighted by molar-refractivity contribution is 5.35. The third-order valence-corrected chi connectivity index (χ3v) is 5.54. The molecule has 0 fully saturated rings. The number of aromatic hydroxyl groups is 3. The van der Waals surface area contributed by atoms with Gasteiger partial charge >= 0.3 is 17.1 Å². The predicted octanol–water partition coefficient (Wildman–Crippen LogP) is 1.74. The second kappa shape index (κ2) is 9.14. The Hall–Kier alpha value is -4.53. The summed E-state index contributed by atoms with van der Waals surface area (Å²) in [5.74, 6) is 0.195. The summed E-state index contributed by atoms with van der Waals surface area (Å²) in [6.07, 6.45) is 0. The molecular weight excluding hydrogens is 438 g/mol. The highest BCUT2D eigenvalue weighted by Gasteiger charge is 2.17. The third-order valence-electron chi connectivity index (χ3n) is 5.54. The highest BCUT2D eigenvalue weighted by Crippen LogP contribution is 2.17. The van der Waals surface area contributed by atoms with Crippen molar-refractivity contribution in [2.75, 3.05) is 0 Å². The monoisotopic (exact) mass is 461 g/mol. The molecule has 34 heavy (non-hydrogen) atoms. The van der Waals surface area contributed by atoms with Crippen molar-refractivity contribution in [1.82, 2.24) is 13.7 Å². The van der Waals surface area contributed by atoms with Crippen LogP contribution in [0.5, 0.6) is 17.2 Å². The number of aryl methyl sites for hydroxylation is 1. The summed E-state index contributed by atoms with van der Waals surface area (Å²) in [5.41, 5.74) is 0.0893. The minimum atomic E-state index is -0.769. The van der Waals surface area contributed by atoms with Gasteiger partial charge in [-0.15, -0.1) is 0 Å². The van der Waals surface area contributed by atoms with Gasteiger partial charge in [0, 0.05) is 0 Å². The zero-order valence-electron chi connectivity index (χ0n) is 18.4. The van der Waals surface area contributed by atoms with E-state index < -0.39 is 17.1 Å². The number of nitrogens with zero attached hydrogens (tertiary/aromatic N) is 3. The Labute approximate surface area is 193 Å². The van der Waals surface area contributed by atoms with Crippen molar-refractivity contribution in [3.05, 3.63) is 120 Å². The van der Waals surface area contributed by atoms with Crippen molar-refractivity contribution >= 4 is 0 Å². The van der Waals surface area contributed by atoms with E-state index in [9.17, 15) is 29.7 Å². The SMILES string of the molecule is Cc1cc(Cn2c(=O)n(Cc3ccc(O)cc3)c(=O)n(Cc3ccc(O)cc3)c2=O)ccc1O. The Morgan fingerprint density at radius 3 is 1.29 bits per heavy atom. The first-order valence-electron chi connectivity index (χ1n) is 10.5. The molecule has 0 aliphatic carbocycles. The molecule has 4 rings (SSSR count). The number of phenolic OH excluding ortho intramolecular Hbond substituents is 3. The van der Waals surface area contributed by atoms with E-state index in [4.69, 9.17) is 0 Å². The van der Waals surface area contributed by atoms with Crippen LogP contribution in [0, 0.1) is 6.92 Å². The molecule has 1 aromatic heterocycles. The molecule has 4 aromatic rings. The number of hydrogen-bond donors (Lipinski definition) is 3. The van der Waals surface area contributed by atoms with E-state index in [1.54, 1.807) is 43.3 Å². The minimum Gasteiger partial charge on any atom is -0.508 e. The maximum atomic E-state index is 13.3. The Morgan fingerprint density at radius 2 is 0.912 bits per heavy atom. The molecule has 0 aliphatic rings. The molecule has 0 saturated heterocycles. The van der Waals surface area contributed by atoms with Gasteiger partial charge in [0.15, 0.2) is 0 Å². The third kappa shape index (κ3) is 4.63. The summed E-state index contributed by atoms with van der Waals surface area (Å²) >= 11 is 0. The maximum absolute atomic E-state index is 13.3. The van der Waals surface area contributed by atoms with Crippen molar-refractivity contribution < 1.29 is 15.3 Å². The zero-order chi connectivity index (χ0) is 24.4. The lowest BCUT2D eigenvalue weighted by molar-refractivity contribution is 0.469. The Morgan fingerprint density at radius 1 is 0.559 bits per heavy atom. The van der Waals surface area contributed by atoms with Crippen molar-refractivity contribution in [3.63, 3.8) is 0 Å². The number of hydrogen-bond acceptors (Lipinski definition) is 6. The van der Waals surface area contributed by atoms with Crippen molar-refractivity contribution in [2.24, 2.45) is 0 Å². The van der Waals surface area contributed by atoms with Crippen LogP contribution in [0.2, 0.25) is 0 Å². The lowest BCUT2D eigenvalue weighted by Gasteiger charge is -2.15. The van der Waals surface area contributed by atoms with E-state index in [1.807, 2.05) is 0 Å². The van der Waals surface area contributed by atoms with E-state index in [1.165, 1.54) is 30.3 Å². The fourth-order valence-electron chi connectivity index (χ4n) is 3.65. The van der Waals surface area contributed by atoms with E-state index in [2.05, 4.69) is 0 Å². The summed E-state index contributed by atoms with van der Waals surface area (Å²) in [6.45, 7) is 1.42. The Balaban J connectivity index is 1.86. The van der Waals surface area contributed by atoms with Crippen LogP contribution in [0.25, 0.3) is 0 Å². The quantitative estimate of drug-likeness (QED) is 0.402. The summed E-state index contributed by atoms with van der Waals surface area (Å²) < 4.78 is 2.93. The van der Waals surface area contributed by atoms with Crippen molar-refractivity contribution in [1.29, 1.82) is 0 Å². The van der Waals surface area contributed by atoms with Gasteiger partial charge in [-0.25, -0.2) is 28.1 Å². The van der Waals surface area contributed by atoms with Crippen LogP contribution in [0.15, 0.2) is 81.1 Å². The van der Waals surface area contributed by atoms with E-state index >= 15 is 0 Å². The molecule has 0 saturated carbocycles. The average Bonchev–Trinajstić information content (AvgIpc) is 2.82. The van der Waals surface area contributed by atoms with Gasteiger partial charge < -0.3 is 15.3 Å². The molecule has 1 heterocycles. The van der Waals surface area contributed by atoms with Crippen LogP contribution in [-0.4, -0.2) is 29.0 Å². The smallest absolute Gasteiger partial charge is 0.336 e. The maximum Gasteiger partial charge on any atom is 0.336 e. The second-order valence-electron chi connectivity index (χ2n) is 8.06. The van der Waals surface area contributed by atoms with Gasteiger partial charge in [-0.05, 0) is 59.5 Å². The minimum absolute atomic E-state index is 0.0495. The molecule has 9 nitrogen and oxygen atoms in total. The molecule has 0 aliphatic heterocycles. The van der Waals surface area contributed by atoms with Gasteiger partial charge in [-0.1, -0.05) is 36.4 Å². The molecule has 0 spiro atoms. The van der Waals surface area contributed by atoms with Crippen LogP contribution in [0.1, 0.15) is 22.3 Å². The van der Waals surface area contributed by atoms with Crippen LogP contribution >= 0.6 is 0 Å². The molecule has 9 heteroatoms. The highest BCUT2D eigenvalue weighted by atomic mass is 16.3. The van der Waals surface area contributed by atoms with Crippen molar-refractivity contribution in [3.8, 4) is 17.2 Å². The van der Waals surface area contributed by atoms with Crippen LogP contribution in [0.4, 0.5) is 0 Å². The fourth-order valence-corrected chi connectivity index (χ4v) is 3.65. The van der Waals surface area contributed by atoms with E-state index in [0.29, 0.717) is 22.3 Å². The largest absolute Gasteiger partial charge is 0.508 e. The number of rotatable bonds is 6. The molecule has 0 unspecified atom stereocenters. The molecule has 0 atom stereocenters. The summed E-state index contributed by atoms with van der Waals surface area (Å²) in [6, 6.07) is 16.9. The van der Waals surface area contributed by atoms with E-state index in [0.717, 1.165) is 13.7 Å². The van der Waals surface area contributed by atoms with Crippen LogP contribution in [0.3, 0.4) is 0 Å². The summed E-state index contributed by atoms with van der Waals surface area (Å²) in [4.78, 5) is 39.8. The lowest BCUT2D eigenvalue weighted by Crippen LogP contribution is -2.54. The van der Waals surface area contributed by atoms with Gasteiger partial charge in [0.1, 0.15) is 17.2 Å².